The van der Waals surface area contributed by atoms with Crippen LogP contribution in [0, 0.1) is 0 Å². The highest BCUT2D eigenvalue weighted by molar-refractivity contribution is 5.71. The van der Waals surface area contributed by atoms with E-state index in [1.54, 1.807) is 20.3 Å². The maximum Gasteiger partial charge on any atom is 0.303 e. The molecule has 0 radical (unpaired) electrons. The third kappa shape index (κ3) is 4.38. The summed E-state index contributed by atoms with van der Waals surface area (Å²) in [7, 11) is 4.69. The summed E-state index contributed by atoms with van der Waals surface area (Å²) in [5.41, 5.74) is 1.05. The topological polar surface area (TPSA) is 76.1 Å². The molecule has 0 N–H and O–H groups in total. The number of carbonyl (C=O) groups is 1. The van der Waals surface area contributed by atoms with Crippen molar-refractivity contribution >= 4 is 12.0 Å². The summed E-state index contributed by atoms with van der Waals surface area (Å²) in [6.45, 7) is 9.29. The van der Waals surface area contributed by atoms with Crippen LogP contribution < -0.4 is 18.9 Å². The van der Waals surface area contributed by atoms with Gasteiger partial charge < -0.3 is 23.7 Å². The van der Waals surface area contributed by atoms with Crippen LogP contribution in [-0.4, -0.2) is 37.9 Å². The summed E-state index contributed by atoms with van der Waals surface area (Å²) in [5.74, 6) is 1.77. The number of nitrogens with zero attached hydrogens (tertiary/aromatic N) is 1. The molecule has 0 saturated heterocycles. The normalized spacial score (nSPS) is 15.2. The van der Waals surface area contributed by atoms with Crippen LogP contribution in [0.1, 0.15) is 57.5 Å². The number of benzene rings is 1. The van der Waals surface area contributed by atoms with Crippen LogP contribution in [0.5, 0.6) is 23.1 Å². The first-order valence-electron chi connectivity index (χ1n) is 10.4. The minimum absolute atomic E-state index is 0.357. The van der Waals surface area contributed by atoms with Crippen molar-refractivity contribution in [2.45, 2.75) is 51.7 Å². The van der Waals surface area contributed by atoms with Crippen molar-refractivity contribution in [2.75, 3.05) is 21.3 Å². The fraction of sp³-hybridized carbons (Fsp3) is 0.440. The number of aromatic nitrogens is 1. The Morgan fingerprint density at radius 3 is 2.38 bits per heavy atom. The summed E-state index contributed by atoms with van der Waals surface area (Å²) < 4.78 is 28.4. The predicted molar refractivity (Wildman–Crippen MR) is 122 cm³/mol. The molecule has 3 rings (SSSR count). The first-order chi connectivity index (χ1) is 15.0. The average molecular weight is 442 g/mol. The molecule has 1 aliphatic heterocycles. The van der Waals surface area contributed by atoms with Crippen molar-refractivity contribution in [3.05, 3.63) is 47.2 Å². The molecule has 1 aliphatic rings. The standard InChI is InChI=1S/C25H31NO6/c1-15(27)31-22(25(4,5)20-12-11-19(28-6)23(26-20)30-8)17-9-10-18-16(21(17)29-7)13-14-24(2,3)32-18/h9-14,22H,1-8H3. The monoisotopic (exact) mass is 441 g/mol. The number of carbonyl (C=O) groups excluding carboxylic acids is 1. The summed E-state index contributed by atoms with van der Waals surface area (Å²) in [4.78, 5) is 16.8. The Bertz CT molecular complexity index is 1040. The number of ether oxygens (including phenoxy) is 5. The van der Waals surface area contributed by atoms with Crippen molar-refractivity contribution in [3.63, 3.8) is 0 Å². The SMILES string of the molecule is COc1ccc(C(C)(C)C(OC(C)=O)c2ccc3c(c2OC)C=CC(C)(C)O3)nc1OC. The second-order valence-electron chi connectivity index (χ2n) is 8.76. The van der Waals surface area contributed by atoms with E-state index >= 15 is 0 Å². The number of pyridine rings is 1. The lowest BCUT2D eigenvalue weighted by molar-refractivity contribution is -0.150. The van der Waals surface area contributed by atoms with Crippen molar-refractivity contribution in [1.82, 2.24) is 4.98 Å². The molecular weight excluding hydrogens is 410 g/mol. The van der Waals surface area contributed by atoms with Gasteiger partial charge in [-0.05, 0) is 50.3 Å². The number of esters is 1. The zero-order valence-electron chi connectivity index (χ0n) is 19.9. The van der Waals surface area contributed by atoms with E-state index in [-0.39, 0.29) is 0 Å². The Hall–Kier alpha value is -3.22. The predicted octanol–water partition coefficient (Wildman–Crippen LogP) is 4.87. The Morgan fingerprint density at radius 1 is 1.06 bits per heavy atom. The van der Waals surface area contributed by atoms with E-state index in [0.29, 0.717) is 28.8 Å². The van der Waals surface area contributed by atoms with E-state index in [1.165, 1.54) is 14.0 Å². The first kappa shape index (κ1) is 23.4. The minimum atomic E-state index is -0.731. The van der Waals surface area contributed by atoms with E-state index < -0.39 is 23.1 Å². The van der Waals surface area contributed by atoms with Gasteiger partial charge in [-0.3, -0.25) is 4.79 Å². The highest BCUT2D eigenvalue weighted by atomic mass is 16.5. The first-order valence-corrected chi connectivity index (χ1v) is 10.4. The van der Waals surface area contributed by atoms with Crippen LogP contribution in [0.4, 0.5) is 0 Å². The summed E-state index contributed by atoms with van der Waals surface area (Å²) in [5, 5.41) is 0. The number of fused-ring (bicyclic) bond motifs is 1. The molecule has 0 amide bonds. The van der Waals surface area contributed by atoms with Crippen molar-refractivity contribution in [1.29, 1.82) is 0 Å². The van der Waals surface area contributed by atoms with Crippen LogP contribution in [0.15, 0.2) is 30.3 Å². The van der Waals surface area contributed by atoms with Crippen LogP contribution in [-0.2, 0) is 14.9 Å². The smallest absolute Gasteiger partial charge is 0.303 e. The Morgan fingerprint density at radius 2 is 1.78 bits per heavy atom. The minimum Gasteiger partial charge on any atom is -0.496 e. The van der Waals surface area contributed by atoms with Gasteiger partial charge in [0.1, 0.15) is 23.2 Å². The highest BCUT2D eigenvalue weighted by Crippen LogP contribution is 2.47. The molecule has 1 aromatic carbocycles. The molecule has 2 aromatic rings. The number of methoxy groups -OCH3 is 3. The van der Waals surface area contributed by atoms with E-state index in [2.05, 4.69) is 4.98 Å². The van der Waals surface area contributed by atoms with E-state index in [1.807, 2.05) is 58.0 Å². The number of rotatable bonds is 7. The molecule has 0 aliphatic carbocycles. The fourth-order valence-electron chi connectivity index (χ4n) is 3.87. The molecule has 1 aromatic heterocycles. The van der Waals surface area contributed by atoms with Crippen LogP contribution in [0.3, 0.4) is 0 Å². The average Bonchev–Trinajstić information content (AvgIpc) is 2.75. The van der Waals surface area contributed by atoms with E-state index in [4.69, 9.17) is 23.7 Å². The van der Waals surface area contributed by atoms with Gasteiger partial charge in [-0.25, -0.2) is 4.98 Å². The van der Waals surface area contributed by atoms with Crippen molar-refractivity contribution in [3.8, 4) is 23.1 Å². The van der Waals surface area contributed by atoms with Crippen molar-refractivity contribution < 1.29 is 28.5 Å². The van der Waals surface area contributed by atoms with Crippen LogP contribution in [0.25, 0.3) is 6.08 Å². The molecule has 0 fully saturated rings. The second-order valence-corrected chi connectivity index (χ2v) is 8.76. The number of hydrogen-bond acceptors (Lipinski definition) is 7. The van der Waals surface area contributed by atoms with Gasteiger partial charge in [-0.15, -0.1) is 0 Å². The van der Waals surface area contributed by atoms with E-state index in [9.17, 15) is 4.79 Å². The van der Waals surface area contributed by atoms with Gasteiger partial charge in [0.2, 0.25) is 0 Å². The molecular formula is C25H31NO6. The molecule has 0 spiro atoms. The molecule has 7 nitrogen and oxygen atoms in total. The molecule has 2 heterocycles. The molecule has 0 bridgehead atoms. The molecule has 7 heteroatoms. The summed E-state index contributed by atoms with van der Waals surface area (Å²) >= 11 is 0. The lowest BCUT2D eigenvalue weighted by atomic mass is 9.78. The van der Waals surface area contributed by atoms with Crippen molar-refractivity contribution in [2.24, 2.45) is 0 Å². The van der Waals surface area contributed by atoms with Gasteiger partial charge in [0, 0.05) is 17.9 Å². The highest BCUT2D eigenvalue weighted by Gasteiger charge is 2.40. The van der Waals surface area contributed by atoms with Gasteiger partial charge in [0.15, 0.2) is 5.75 Å². The van der Waals surface area contributed by atoms with Gasteiger partial charge in [0.25, 0.3) is 5.88 Å². The Balaban J connectivity index is 2.16. The zero-order chi connectivity index (χ0) is 23.7. The lowest BCUT2D eigenvalue weighted by Crippen LogP contribution is -2.32. The molecule has 1 atom stereocenters. The zero-order valence-corrected chi connectivity index (χ0v) is 19.9. The number of hydrogen-bond donors (Lipinski definition) is 0. The van der Waals surface area contributed by atoms with E-state index in [0.717, 1.165) is 11.1 Å². The molecule has 32 heavy (non-hydrogen) atoms. The summed E-state index contributed by atoms with van der Waals surface area (Å²) in [6.07, 6.45) is 3.27. The largest absolute Gasteiger partial charge is 0.496 e. The summed E-state index contributed by atoms with van der Waals surface area (Å²) in [6, 6.07) is 7.39. The molecule has 0 saturated carbocycles. The third-order valence-corrected chi connectivity index (χ3v) is 5.54. The maximum atomic E-state index is 12.1. The third-order valence-electron chi connectivity index (χ3n) is 5.54. The van der Waals surface area contributed by atoms with Crippen LogP contribution >= 0.6 is 0 Å². The van der Waals surface area contributed by atoms with Gasteiger partial charge in [-0.1, -0.05) is 13.8 Å². The lowest BCUT2D eigenvalue weighted by Gasteiger charge is -2.36. The Kier molecular flexibility index (Phi) is 6.39. The second kappa shape index (κ2) is 8.73. The molecule has 1 unspecified atom stereocenters. The molecule has 172 valence electrons. The van der Waals surface area contributed by atoms with Gasteiger partial charge >= 0.3 is 5.97 Å². The quantitative estimate of drug-likeness (QED) is 0.567. The van der Waals surface area contributed by atoms with Crippen LogP contribution in [0.2, 0.25) is 0 Å². The maximum absolute atomic E-state index is 12.1. The van der Waals surface area contributed by atoms with Gasteiger partial charge in [-0.2, -0.15) is 0 Å². The fourth-order valence-corrected chi connectivity index (χ4v) is 3.87. The Labute approximate surface area is 189 Å². The van der Waals surface area contributed by atoms with Gasteiger partial charge in [0.05, 0.1) is 32.6 Å².